The predicted octanol–water partition coefficient (Wildman–Crippen LogP) is 2.03. The number of hydrogen-bond acceptors (Lipinski definition) is 2. The van der Waals surface area contributed by atoms with Crippen LogP contribution in [0.1, 0.15) is 12.8 Å². The van der Waals surface area contributed by atoms with Gasteiger partial charge in [0.2, 0.25) is 5.91 Å². The van der Waals surface area contributed by atoms with Crippen LogP contribution in [0.5, 0.6) is 0 Å². The number of carbonyl (C=O) groups excluding carboxylic acids is 1. The Morgan fingerprint density at radius 2 is 2.40 bits per heavy atom. The van der Waals surface area contributed by atoms with E-state index >= 15 is 0 Å². The quantitative estimate of drug-likeness (QED) is 0.807. The van der Waals surface area contributed by atoms with E-state index in [0.29, 0.717) is 5.02 Å². The van der Waals surface area contributed by atoms with Crippen LogP contribution in [-0.2, 0) is 4.79 Å². The second-order valence-corrected chi connectivity index (χ2v) is 4.08. The molecule has 1 aromatic carbocycles. The summed E-state index contributed by atoms with van der Waals surface area (Å²) in [4.78, 5) is 11.7. The van der Waals surface area contributed by atoms with Crippen LogP contribution in [0.4, 0.5) is 5.69 Å². The molecule has 2 rings (SSSR count). The molecule has 0 unspecified atom stereocenters. The Balaban J connectivity index is 1.99. The fraction of sp³-hybridized carbons (Fsp3) is 0.364. The molecule has 0 radical (unpaired) electrons. The van der Waals surface area contributed by atoms with Gasteiger partial charge in [0, 0.05) is 10.7 Å². The largest absolute Gasteiger partial charge is 0.325 e. The lowest BCUT2D eigenvalue weighted by molar-refractivity contribution is -0.117. The third-order valence-electron chi connectivity index (χ3n) is 2.47. The molecule has 1 aliphatic heterocycles. The average molecular weight is 225 g/mol. The fourth-order valence-electron chi connectivity index (χ4n) is 1.70. The molecule has 0 aliphatic carbocycles. The van der Waals surface area contributed by atoms with Crippen molar-refractivity contribution >= 4 is 23.2 Å². The predicted molar refractivity (Wildman–Crippen MR) is 61.1 cm³/mol. The highest BCUT2D eigenvalue weighted by Crippen LogP contribution is 2.16. The van der Waals surface area contributed by atoms with Crippen LogP contribution in [0, 0.1) is 0 Å². The zero-order valence-corrected chi connectivity index (χ0v) is 9.05. The van der Waals surface area contributed by atoms with E-state index in [-0.39, 0.29) is 11.9 Å². The van der Waals surface area contributed by atoms with Crippen molar-refractivity contribution < 1.29 is 4.79 Å². The number of hydrogen-bond donors (Lipinski definition) is 2. The molecule has 0 saturated carbocycles. The van der Waals surface area contributed by atoms with E-state index in [4.69, 9.17) is 11.6 Å². The summed E-state index contributed by atoms with van der Waals surface area (Å²) in [5.74, 6) is 0.0229. The first kappa shape index (κ1) is 10.5. The van der Waals surface area contributed by atoms with Crippen molar-refractivity contribution in [3.63, 3.8) is 0 Å². The molecular weight excluding hydrogens is 212 g/mol. The number of carbonyl (C=O) groups is 1. The second kappa shape index (κ2) is 4.64. The molecule has 1 aromatic rings. The van der Waals surface area contributed by atoms with E-state index in [1.165, 1.54) is 0 Å². The van der Waals surface area contributed by atoms with Crippen molar-refractivity contribution in [1.82, 2.24) is 5.32 Å². The molecule has 0 bridgehead atoms. The lowest BCUT2D eigenvalue weighted by Gasteiger charge is -2.10. The molecule has 3 nitrogen and oxygen atoms in total. The minimum Gasteiger partial charge on any atom is -0.325 e. The highest BCUT2D eigenvalue weighted by Gasteiger charge is 2.21. The highest BCUT2D eigenvalue weighted by atomic mass is 35.5. The zero-order valence-electron chi connectivity index (χ0n) is 8.29. The minimum absolute atomic E-state index is 0.0229. The van der Waals surface area contributed by atoms with Crippen LogP contribution in [0.2, 0.25) is 5.02 Å². The van der Waals surface area contributed by atoms with E-state index in [1.807, 2.05) is 12.1 Å². The number of halogens is 1. The summed E-state index contributed by atoms with van der Waals surface area (Å²) in [6.45, 7) is 0.924. The Labute approximate surface area is 93.8 Å². The lowest BCUT2D eigenvalue weighted by atomic mass is 10.2. The summed E-state index contributed by atoms with van der Waals surface area (Å²) in [5, 5.41) is 6.62. The van der Waals surface area contributed by atoms with E-state index in [2.05, 4.69) is 10.6 Å². The van der Waals surface area contributed by atoms with Crippen LogP contribution in [0.3, 0.4) is 0 Å². The van der Waals surface area contributed by atoms with Gasteiger partial charge in [-0.05, 0) is 37.6 Å². The van der Waals surface area contributed by atoms with E-state index < -0.39 is 0 Å². The summed E-state index contributed by atoms with van der Waals surface area (Å²) in [6, 6.07) is 7.13. The van der Waals surface area contributed by atoms with Gasteiger partial charge in [0.05, 0.1) is 6.04 Å². The molecule has 1 aliphatic rings. The standard InChI is InChI=1S/C11H13ClN2O/c12-8-3-1-4-9(7-8)14-11(15)10-5-2-6-13-10/h1,3-4,7,10,13H,2,5-6H2,(H,14,15)/t10-/m0/s1. The maximum Gasteiger partial charge on any atom is 0.241 e. The van der Waals surface area contributed by atoms with Gasteiger partial charge in [0.25, 0.3) is 0 Å². The van der Waals surface area contributed by atoms with Gasteiger partial charge in [-0.3, -0.25) is 4.79 Å². The maximum atomic E-state index is 11.7. The molecular formula is C11H13ClN2O. The summed E-state index contributed by atoms with van der Waals surface area (Å²) in [6.07, 6.45) is 1.97. The van der Waals surface area contributed by atoms with E-state index in [0.717, 1.165) is 25.1 Å². The molecule has 1 saturated heterocycles. The highest BCUT2D eigenvalue weighted by molar-refractivity contribution is 6.30. The van der Waals surface area contributed by atoms with Crippen LogP contribution in [-0.4, -0.2) is 18.5 Å². The van der Waals surface area contributed by atoms with Crippen LogP contribution >= 0.6 is 11.6 Å². The van der Waals surface area contributed by atoms with E-state index in [9.17, 15) is 4.79 Å². The Morgan fingerprint density at radius 3 is 3.07 bits per heavy atom. The third kappa shape index (κ3) is 2.70. The molecule has 1 atom stereocenters. The Morgan fingerprint density at radius 1 is 1.53 bits per heavy atom. The van der Waals surface area contributed by atoms with Crippen molar-refractivity contribution in [2.45, 2.75) is 18.9 Å². The van der Waals surface area contributed by atoms with E-state index in [1.54, 1.807) is 12.1 Å². The second-order valence-electron chi connectivity index (χ2n) is 3.65. The first-order chi connectivity index (χ1) is 7.25. The van der Waals surface area contributed by atoms with Crippen molar-refractivity contribution in [2.24, 2.45) is 0 Å². The molecule has 15 heavy (non-hydrogen) atoms. The number of amides is 1. The molecule has 2 N–H and O–H groups in total. The first-order valence-electron chi connectivity index (χ1n) is 5.05. The molecule has 1 fully saturated rings. The normalized spacial score (nSPS) is 20.2. The van der Waals surface area contributed by atoms with Gasteiger partial charge in [-0.25, -0.2) is 0 Å². The van der Waals surface area contributed by atoms with Gasteiger partial charge < -0.3 is 10.6 Å². The number of benzene rings is 1. The number of anilines is 1. The summed E-state index contributed by atoms with van der Waals surface area (Å²) >= 11 is 5.82. The van der Waals surface area contributed by atoms with Gasteiger partial charge in [0.1, 0.15) is 0 Å². The van der Waals surface area contributed by atoms with Gasteiger partial charge in [0.15, 0.2) is 0 Å². The molecule has 4 heteroatoms. The van der Waals surface area contributed by atoms with Crippen molar-refractivity contribution in [2.75, 3.05) is 11.9 Å². The summed E-state index contributed by atoms with van der Waals surface area (Å²) in [5.41, 5.74) is 0.751. The first-order valence-corrected chi connectivity index (χ1v) is 5.43. The Kier molecular flexibility index (Phi) is 3.23. The summed E-state index contributed by atoms with van der Waals surface area (Å²) < 4.78 is 0. The van der Waals surface area contributed by atoms with Crippen molar-refractivity contribution in [3.05, 3.63) is 29.3 Å². The maximum absolute atomic E-state index is 11.7. The van der Waals surface area contributed by atoms with Gasteiger partial charge >= 0.3 is 0 Å². The molecule has 1 heterocycles. The third-order valence-corrected chi connectivity index (χ3v) is 2.70. The smallest absolute Gasteiger partial charge is 0.241 e. The van der Waals surface area contributed by atoms with Crippen LogP contribution in [0.15, 0.2) is 24.3 Å². The zero-order chi connectivity index (χ0) is 10.7. The SMILES string of the molecule is O=C(Nc1cccc(Cl)c1)[C@@H]1CCCN1. The number of rotatable bonds is 2. The van der Waals surface area contributed by atoms with Crippen molar-refractivity contribution in [3.8, 4) is 0 Å². The lowest BCUT2D eigenvalue weighted by Crippen LogP contribution is -2.35. The fourth-order valence-corrected chi connectivity index (χ4v) is 1.89. The Bertz CT molecular complexity index is 361. The van der Waals surface area contributed by atoms with Crippen LogP contribution in [0.25, 0.3) is 0 Å². The molecule has 0 aromatic heterocycles. The minimum atomic E-state index is -0.0519. The van der Waals surface area contributed by atoms with Gasteiger partial charge in [-0.2, -0.15) is 0 Å². The monoisotopic (exact) mass is 224 g/mol. The topological polar surface area (TPSA) is 41.1 Å². The number of nitrogens with one attached hydrogen (secondary N) is 2. The molecule has 0 spiro atoms. The van der Waals surface area contributed by atoms with Gasteiger partial charge in [-0.1, -0.05) is 17.7 Å². The van der Waals surface area contributed by atoms with Gasteiger partial charge in [-0.15, -0.1) is 0 Å². The summed E-state index contributed by atoms with van der Waals surface area (Å²) in [7, 11) is 0. The van der Waals surface area contributed by atoms with Crippen LogP contribution < -0.4 is 10.6 Å². The molecule has 80 valence electrons. The Hall–Kier alpha value is -1.06. The molecule has 1 amide bonds. The van der Waals surface area contributed by atoms with Crippen molar-refractivity contribution in [1.29, 1.82) is 0 Å². The average Bonchev–Trinajstić information content (AvgIpc) is 2.70.